The van der Waals surface area contributed by atoms with E-state index in [2.05, 4.69) is 10.2 Å². The van der Waals surface area contributed by atoms with Gasteiger partial charge in [0.05, 0.1) is 17.7 Å². The molecule has 0 spiro atoms. The number of rotatable bonds is 6. The Morgan fingerprint density at radius 3 is 2.58 bits per heavy atom. The maximum absolute atomic E-state index is 12.7. The van der Waals surface area contributed by atoms with E-state index in [1.165, 1.54) is 11.8 Å². The van der Waals surface area contributed by atoms with Gasteiger partial charge in [0.15, 0.2) is 0 Å². The van der Waals surface area contributed by atoms with E-state index in [1.807, 2.05) is 6.07 Å². The van der Waals surface area contributed by atoms with E-state index in [4.69, 9.17) is 11.1 Å². The molecule has 2 aromatic rings. The van der Waals surface area contributed by atoms with Gasteiger partial charge in [-0.2, -0.15) is 18.4 Å². The second-order valence-electron chi connectivity index (χ2n) is 5.17. The summed E-state index contributed by atoms with van der Waals surface area (Å²) < 4.78 is 38.5. The van der Waals surface area contributed by atoms with Crippen LogP contribution in [0.25, 0.3) is 0 Å². The lowest BCUT2D eigenvalue weighted by Crippen LogP contribution is -2.37. The fraction of sp³-hybridized carbons (Fsp3) is 0.333. The average molecular weight is 384 g/mol. The quantitative estimate of drug-likeness (QED) is 0.606. The van der Waals surface area contributed by atoms with Crippen LogP contribution in [0, 0.1) is 11.3 Å². The Labute approximate surface area is 151 Å². The zero-order chi connectivity index (χ0) is 19.3. The summed E-state index contributed by atoms with van der Waals surface area (Å²) >= 11 is 0.762. The molecule has 0 aliphatic carbocycles. The second kappa shape index (κ2) is 8.09. The molecule has 26 heavy (non-hydrogen) atoms. The van der Waals surface area contributed by atoms with Gasteiger partial charge in [0.25, 0.3) is 5.82 Å². The molecule has 0 bridgehead atoms. The van der Waals surface area contributed by atoms with Crippen LogP contribution in [-0.2, 0) is 11.0 Å². The SMILES string of the molecule is C[C@H](Sc1nnc(C(F)(F)F)n1N)C(=O)N(CCC#N)c1ccccc1. The number of thioether (sulfide) groups is 1. The molecule has 0 unspecified atom stereocenters. The first-order valence-electron chi connectivity index (χ1n) is 7.43. The normalized spacial score (nSPS) is 12.4. The van der Waals surface area contributed by atoms with Gasteiger partial charge in [-0.15, -0.1) is 10.2 Å². The number of nitrogens with two attached hydrogens (primary N) is 1. The highest BCUT2D eigenvalue weighted by atomic mass is 32.2. The average Bonchev–Trinajstić information content (AvgIpc) is 2.96. The van der Waals surface area contributed by atoms with Gasteiger partial charge in [-0.3, -0.25) is 4.79 Å². The van der Waals surface area contributed by atoms with Gasteiger partial charge in [-0.05, 0) is 19.1 Å². The first kappa shape index (κ1) is 19.6. The predicted octanol–water partition coefficient (Wildman–Crippen LogP) is 2.44. The summed E-state index contributed by atoms with van der Waals surface area (Å²) in [4.78, 5) is 14.1. The van der Waals surface area contributed by atoms with Crippen molar-refractivity contribution in [1.82, 2.24) is 14.9 Å². The Balaban J connectivity index is 2.19. The number of amides is 1. The number of aromatic nitrogens is 3. The summed E-state index contributed by atoms with van der Waals surface area (Å²) in [5.41, 5.74) is 0.588. The molecule has 1 aromatic carbocycles. The number of benzene rings is 1. The highest BCUT2D eigenvalue weighted by Gasteiger charge is 2.38. The minimum Gasteiger partial charge on any atom is -0.335 e. The summed E-state index contributed by atoms with van der Waals surface area (Å²) in [6.07, 6.45) is -4.63. The molecular formula is C15H15F3N6OS. The number of para-hydroxylation sites is 1. The number of nitrogen functional groups attached to an aromatic ring is 1. The van der Waals surface area contributed by atoms with Gasteiger partial charge in [-0.25, -0.2) is 4.68 Å². The third-order valence-electron chi connectivity index (χ3n) is 3.33. The molecule has 1 amide bonds. The van der Waals surface area contributed by atoms with E-state index in [0.29, 0.717) is 10.4 Å². The number of halogens is 3. The lowest BCUT2D eigenvalue weighted by molar-refractivity contribution is -0.146. The molecule has 11 heteroatoms. The van der Waals surface area contributed by atoms with Crippen molar-refractivity contribution in [3.8, 4) is 6.07 Å². The molecule has 0 aliphatic heterocycles. The molecule has 2 rings (SSSR count). The Kier molecular flexibility index (Phi) is 6.10. The summed E-state index contributed by atoms with van der Waals surface area (Å²) in [5.74, 6) is 3.66. The molecule has 0 fully saturated rings. The smallest absolute Gasteiger partial charge is 0.335 e. The Morgan fingerprint density at radius 1 is 1.38 bits per heavy atom. The minimum atomic E-state index is -4.74. The number of nitriles is 1. The largest absolute Gasteiger partial charge is 0.453 e. The minimum absolute atomic E-state index is 0.114. The Hall–Kier alpha value is -2.74. The van der Waals surface area contributed by atoms with Crippen LogP contribution in [0.15, 0.2) is 35.5 Å². The van der Waals surface area contributed by atoms with Crippen molar-refractivity contribution in [3.63, 3.8) is 0 Å². The molecule has 2 N–H and O–H groups in total. The van der Waals surface area contributed by atoms with E-state index in [1.54, 1.807) is 30.3 Å². The molecule has 7 nitrogen and oxygen atoms in total. The van der Waals surface area contributed by atoms with Gasteiger partial charge in [0, 0.05) is 12.2 Å². The maximum Gasteiger partial charge on any atom is 0.453 e. The molecule has 1 atom stereocenters. The molecular weight excluding hydrogens is 369 g/mol. The molecule has 138 valence electrons. The zero-order valence-electron chi connectivity index (χ0n) is 13.6. The van der Waals surface area contributed by atoms with E-state index >= 15 is 0 Å². The van der Waals surface area contributed by atoms with Gasteiger partial charge < -0.3 is 10.7 Å². The summed E-state index contributed by atoms with van der Waals surface area (Å²) in [5, 5.41) is 14.2. The lowest BCUT2D eigenvalue weighted by Gasteiger charge is -2.24. The molecule has 0 saturated carbocycles. The van der Waals surface area contributed by atoms with Crippen LogP contribution in [0.5, 0.6) is 0 Å². The van der Waals surface area contributed by atoms with Gasteiger partial charge in [0.1, 0.15) is 0 Å². The van der Waals surface area contributed by atoms with E-state index in [-0.39, 0.29) is 24.0 Å². The summed E-state index contributed by atoms with van der Waals surface area (Å²) in [7, 11) is 0. The number of anilines is 1. The highest BCUT2D eigenvalue weighted by molar-refractivity contribution is 8.00. The third kappa shape index (κ3) is 4.45. The highest BCUT2D eigenvalue weighted by Crippen LogP contribution is 2.30. The number of nitrogens with zero attached hydrogens (tertiary/aromatic N) is 5. The van der Waals surface area contributed by atoms with Gasteiger partial charge >= 0.3 is 6.18 Å². The standard InChI is InChI=1S/C15H15F3N6OS/c1-10(26-14-22-21-13(24(14)20)15(16,17)18)12(25)23(9-5-8-19)11-6-3-2-4-7-11/h2-4,6-7,10H,5,9,20H2,1H3/t10-/m0/s1. The first-order chi connectivity index (χ1) is 12.3. The Morgan fingerprint density at radius 2 is 2.04 bits per heavy atom. The van der Waals surface area contributed by atoms with Crippen molar-refractivity contribution < 1.29 is 18.0 Å². The fourth-order valence-electron chi connectivity index (χ4n) is 2.11. The van der Waals surface area contributed by atoms with Crippen molar-refractivity contribution in [2.24, 2.45) is 0 Å². The van der Waals surface area contributed by atoms with Crippen LogP contribution in [-0.4, -0.2) is 32.6 Å². The van der Waals surface area contributed by atoms with Crippen molar-refractivity contribution in [2.45, 2.75) is 29.9 Å². The fourth-order valence-corrected chi connectivity index (χ4v) is 2.95. The number of carbonyl (C=O) groups is 1. The number of alkyl halides is 3. The predicted molar refractivity (Wildman–Crippen MR) is 89.5 cm³/mol. The third-order valence-corrected chi connectivity index (χ3v) is 4.37. The topological polar surface area (TPSA) is 101 Å². The van der Waals surface area contributed by atoms with Crippen molar-refractivity contribution in [2.75, 3.05) is 17.3 Å². The molecule has 0 radical (unpaired) electrons. The van der Waals surface area contributed by atoms with Crippen LogP contribution < -0.4 is 10.7 Å². The Bertz CT molecular complexity index is 802. The monoisotopic (exact) mass is 384 g/mol. The zero-order valence-corrected chi connectivity index (χ0v) is 14.5. The molecule has 1 aromatic heterocycles. The van der Waals surface area contributed by atoms with E-state index in [9.17, 15) is 18.0 Å². The molecule has 0 saturated heterocycles. The number of hydrogen-bond acceptors (Lipinski definition) is 6. The van der Waals surface area contributed by atoms with Crippen LogP contribution in [0.2, 0.25) is 0 Å². The second-order valence-corrected chi connectivity index (χ2v) is 6.48. The van der Waals surface area contributed by atoms with Crippen molar-refractivity contribution >= 4 is 23.4 Å². The van der Waals surface area contributed by atoms with Crippen LogP contribution in [0.4, 0.5) is 18.9 Å². The summed E-state index contributed by atoms with van der Waals surface area (Å²) in [6, 6.07) is 10.7. The molecule has 0 aliphatic rings. The van der Waals surface area contributed by atoms with E-state index in [0.717, 1.165) is 11.8 Å². The van der Waals surface area contributed by atoms with Crippen LogP contribution in [0.3, 0.4) is 0 Å². The molecule has 1 heterocycles. The maximum atomic E-state index is 12.7. The van der Waals surface area contributed by atoms with E-state index < -0.39 is 17.3 Å². The van der Waals surface area contributed by atoms with Crippen LogP contribution in [0.1, 0.15) is 19.2 Å². The number of carbonyl (C=O) groups excluding carboxylic acids is 1. The van der Waals surface area contributed by atoms with Crippen molar-refractivity contribution in [1.29, 1.82) is 5.26 Å². The van der Waals surface area contributed by atoms with Crippen LogP contribution >= 0.6 is 11.8 Å². The number of hydrogen-bond donors (Lipinski definition) is 1. The lowest BCUT2D eigenvalue weighted by atomic mass is 10.2. The van der Waals surface area contributed by atoms with Gasteiger partial charge in [-0.1, -0.05) is 30.0 Å². The van der Waals surface area contributed by atoms with Gasteiger partial charge in [0.2, 0.25) is 11.1 Å². The summed E-state index contributed by atoms with van der Waals surface area (Å²) in [6.45, 7) is 1.69. The van der Waals surface area contributed by atoms with Crippen molar-refractivity contribution in [3.05, 3.63) is 36.2 Å². The first-order valence-corrected chi connectivity index (χ1v) is 8.31.